The van der Waals surface area contributed by atoms with E-state index in [1.165, 1.54) is 0 Å². The van der Waals surface area contributed by atoms with Crippen molar-refractivity contribution in [2.24, 2.45) is 17.8 Å². The maximum atomic E-state index is 12.5. The summed E-state index contributed by atoms with van der Waals surface area (Å²) >= 11 is 0. The molecule has 0 spiro atoms. The third-order valence-electron chi connectivity index (χ3n) is 4.33. The molecule has 3 atom stereocenters. The lowest BCUT2D eigenvalue weighted by Gasteiger charge is -2.32. The average Bonchev–Trinajstić information content (AvgIpc) is 2.47. The van der Waals surface area contributed by atoms with Crippen LogP contribution >= 0.6 is 0 Å². The van der Waals surface area contributed by atoms with E-state index < -0.39 is 0 Å². The Balaban J connectivity index is 2.07. The molecule has 0 aliphatic heterocycles. The van der Waals surface area contributed by atoms with E-state index in [4.69, 9.17) is 4.74 Å². The number of nitrogens with one attached hydrogen (secondary N) is 1. The number of hydrogen-bond donors (Lipinski definition) is 1. The lowest BCUT2D eigenvalue weighted by molar-refractivity contribution is -0.132. The van der Waals surface area contributed by atoms with Crippen LogP contribution in [0, 0.1) is 17.8 Å². The quantitative estimate of drug-likeness (QED) is 0.925. The van der Waals surface area contributed by atoms with Gasteiger partial charge in [0.05, 0.1) is 7.11 Å². The molecule has 0 unspecified atom stereocenters. The maximum absolute atomic E-state index is 12.5. The van der Waals surface area contributed by atoms with E-state index in [0.717, 1.165) is 30.7 Å². The smallest absolute Gasteiger partial charge is 0.228 e. The first-order valence-electron chi connectivity index (χ1n) is 7.46. The summed E-state index contributed by atoms with van der Waals surface area (Å²) in [6.45, 7) is 3.73. The second-order valence-electron chi connectivity index (χ2n) is 5.96. The number of rotatable bonds is 4. The van der Waals surface area contributed by atoms with Crippen molar-refractivity contribution >= 4 is 17.4 Å². The van der Waals surface area contributed by atoms with E-state index in [-0.39, 0.29) is 23.5 Å². The van der Waals surface area contributed by atoms with E-state index in [1.807, 2.05) is 24.3 Å². The van der Waals surface area contributed by atoms with Gasteiger partial charge in [-0.3, -0.25) is 9.59 Å². The summed E-state index contributed by atoms with van der Waals surface area (Å²) in [7, 11) is 1.61. The number of benzene rings is 1. The number of carbonyl (C=O) groups excluding carboxylic acids is 2. The molecule has 2 rings (SSSR count). The Labute approximate surface area is 125 Å². The highest BCUT2D eigenvalue weighted by molar-refractivity contribution is 5.96. The molecule has 0 radical (unpaired) electrons. The van der Waals surface area contributed by atoms with Crippen LogP contribution < -0.4 is 10.1 Å². The van der Waals surface area contributed by atoms with Gasteiger partial charge in [-0.15, -0.1) is 0 Å². The molecule has 1 aliphatic carbocycles. The van der Waals surface area contributed by atoms with Gasteiger partial charge in [0.2, 0.25) is 5.91 Å². The zero-order chi connectivity index (χ0) is 15.4. The topological polar surface area (TPSA) is 55.4 Å². The molecular weight excluding hydrogens is 266 g/mol. The Hall–Kier alpha value is -1.84. The predicted octanol–water partition coefficient (Wildman–Crippen LogP) is 3.28. The van der Waals surface area contributed by atoms with Crippen LogP contribution in [-0.4, -0.2) is 18.8 Å². The number of methoxy groups -OCH3 is 1. The number of ketones is 1. The van der Waals surface area contributed by atoms with Gasteiger partial charge >= 0.3 is 0 Å². The zero-order valence-corrected chi connectivity index (χ0v) is 12.9. The zero-order valence-electron chi connectivity index (χ0n) is 12.9. The van der Waals surface area contributed by atoms with Gasteiger partial charge in [-0.1, -0.05) is 6.92 Å². The van der Waals surface area contributed by atoms with Crippen LogP contribution in [0.25, 0.3) is 0 Å². The molecule has 0 heterocycles. The molecule has 1 amide bonds. The van der Waals surface area contributed by atoms with Gasteiger partial charge in [-0.2, -0.15) is 0 Å². The second kappa shape index (κ2) is 6.74. The minimum atomic E-state index is -0.214. The fourth-order valence-electron chi connectivity index (χ4n) is 3.07. The van der Waals surface area contributed by atoms with E-state index in [2.05, 4.69) is 12.2 Å². The molecule has 4 nitrogen and oxygen atoms in total. The van der Waals surface area contributed by atoms with Crippen molar-refractivity contribution in [3.63, 3.8) is 0 Å². The largest absolute Gasteiger partial charge is 0.497 e. The summed E-state index contributed by atoms with van der Waals surface area (Å²) in [6, 6.07) is 7.24. The van der Waals surface area contributed by atoms with Crippen LogP contribution in [0.3, 0.4) is 0 Å². The predicted molar refractivity (Wildman–Crippen MR) is 82.3 cm³/mol. The van der Waals surface area contributed by atoms with Gasteiger partial charge in [0, 0.05) is 17.5 Å². The van der Waals surface area contributed by atoms with Crippen molar-refractivity contribution in [3.05, 3.63) is 24.3 Å². The highest BCUT2D eigenvalue weighted by Gasteiger charge is 2.36. The van der Waals surface area contributed by atoms with Crippen LogP contribution in [0.5, 0.6) is 5.75 Å². The van der Waals surface area contributed by atoms with E-state index in [1.54, 1.807) is 14.0 Å². The molecule has 1 fully saturated rings. The van der Waals surface area contributed by atoms with E-state index in [0.29, 0.717) is 5.92 Å². The maximum Gasteiger partial charge on any atom is 0.228 e. The van der Waals surface area contributed by atoms with Crippen LogP contribution in [0.1, 0.15) is 33.1 Å². The fourth-order valence-corrected chi connectivity index (χ4v) is 3.07. The normalized spacial score (nSPS) is 25.2. The molecule has 1 aromatic carbocycles. The van der Waals surface area contributed by atoms with Crippen molar-refractivity contribution in [1.29, 1.82) is 0 Å². The summed E-state index contributed by atoms with van der Waals surface area (Å²) in [6.07, 6.45) is 2.62. The number of hydrogen-bond acceptors (Lipinski definition) is 3. The van der Waals surface area contributed by atoms with E-state index >= 15 is 0 Å². The minimum Gasteiger partial charge on any atom is -0.497 e. The highest BCUT2D eigenvalue weighted by atomic mass is 16.5. The molecular formula is C17H23NO3. The van der Waals surface area contributed by atoms with Gasteiger partial charge in [-0.25, -0.2) is 0 Å². The van der Waals surface area contributed by atoms with Gasteiger partial charge in [-0.05, 0) is 56.4 Å². The molecule has 0 saturated heterocycles. The number of ether oxygens (including phenoxy) is 1. The SMILES string of the molecule is COc1ccc(NC(=O)[C@@H]2C[C@H](C)CC[C@H]2C(C)=O)cc1. The second-order valence-corrected chi connectivity index (χ2v) is 5.96. The van der Waals surface area contributed by atoms with Gasteiger partial charge in [0.1, 0.15) is 11.5 Å². The number of amides is 1. The van der Waals surface area contributed by atoms with Crippen molar-refractivity contribution in [2.75, 3.05) is 12.4 Å². The van der Waals surface area contributed by atoms with Crippen molar-refractivity contribution in [1.82, 2.24) is 0 Å². The van der Waals surface area contributed by atoms with Gasteiger partial charge in [0.25, 0.3) is 0 Å². The number of Topliss-reactive ketones (excluding diaryl/α,β-unsaturated/α-hetero) is 1. The van der Waals surface area contributed by atoms with Crippen molar-refractivity contribution < 1.29 is 14.3 Å². The lowest BCUT2D eigenvalue weighted by atomic mass is 9.72. The number of anilines is 1. The third-order valence-corrected chi connectivity index (χ3v) is 4.33. The Kier molecular flexibility index (Phi) is 4.99. The Morgan fingerprint density at radius 1 is 1.14 bits per heavy atom. The summed E-state index contributed by atoms with van der Waals surface area (Å²) in [5.74, 6) is 0.963. The molecule has 4 heteroatoms. The first-order valence-corrected chi connectivity index (χ1v) is 7.46. The van der Waals surface area contributed by atoms with Crippen LogP contribution in [0.2, 0.25) is 0 Å². The lowest BCUT2D eigenvalue weighted by Crippen LogP contribution is -2.37. The molecule has 1 N–H and O–H groups in total. The van der Waals surface area contributed by atoms with Gasteiger partial charge < -0.3 is 10.1 Å². The highest BCUT2D eigenvalue weighted by Crippen LogP contribution is 2.35. The first kappa shape index (κ1) is 15.5. The molecule has 1 saturated carbocycles. The monoisotopic (exact) mass is 289 g/mol. The molecule has 0 bridgehead atoms. The molecule has 21 heavy (non-hydrogen) atoms. The summed E-state index contributed by atoms with van der Waals surface area (Å²) in [5, 5.41) is 2.92. The van der Waals surface area contributed by atoms with Gasteiger partial charge in [0.15, 0.2) is 0 Å². The summed E-state index contributed by atoms with van der Waals surface area (Å²) in [5.41, 5.74) is 0.737. The molecule has 1 aliphatic rings. The first-order chi connectivity index (χ1) is 10.0. The number of carbonyl (C=O) groups is 2. The minimum absolute atomic E-state index is 0.0492. The average molecular weight is 289 g/mol. The Bertz CT molecular complexity index is 509. The Morgan fingerprint density at radius 3 is 2.38 bits per heavy atom. The molecule has 1 aromatic rings. The molecule has 114 valence electrons. The molecule has 0 aromatic heterocycles. The van der Waals surface area contributed by atoms with Crippen LogP contribution in [-0.2, 0) is 9.59 Å². The third kappa shape index (κ3) is 3.84. The summed E-state index contributed by atoms with van der Waals surface area (Å²) < 4.78 is 5.10. The summed E-state index contributed by atoms with van der Waals surface area (Å²) in [4.78, 5) is 24.2. The standard InChI is InChI=1S/C17H23NO3/c1-11-4-9-15(12(2)19)16(10-11)17(20)18-13-5-7-14(21-3)8-6-13/h5-8,11,15-16H,4,9-10H2,1-3H3,(H,18,20)/t11-,15+,16-/m1/s1. The van der Waals surface area contributed by atoms with Crippen LogP contribution in [0.4, 0.5) is 5.69 Å². The van der Waals surface area contributed by atoms with Crippen molar-refractivity contribution in [3.8, 4) is 5.75 Å². The van der Waals surface area contributed by atoms with Crippen LogP contribution in [0.15, 0.2) is 24.3 Å². The Morgan fingerprint density at radius 2 is 1.81 bits per heavy atom. The van der Waals surface area contributed by atoms with E-state index in [9.17, 15) is 9.59 Å². The fraction of sp³-hybridized carbons (Fsp3) is 0.529. The van der Waals surface area contributed by atoms with Crippen molar-refractivity contribution in [2.45, 2.75) is 33.1 Å².